The predicted molar refractivity (Wildman–Crippen MR) is 49.6 cm³/mol. The number of fused-ring (bicyclic) bond motifs is 1. The summed E-state index contributed by atoms with van der Waals surface area (Å²) in [5, 5.41) is 0.277. The Morgan fingerprint density at radius 1 is 1.50 bits per heavy atom. The first kappa shape index (κ1) is 8.74. The van der Waals surface area contributed by atoms with E-state index < -0.39 is 11.8 Å². The molecule has 3 nitrogen and oxygen atoms in total. The lowest BCUT2D eigenvalue weighted by Crippen LogP contribution is -2.01. The van der Waals surface area contributed by atoms with E-state index in [2.05, 4.69) is 9.72 Å². The monoisotopic (exact) mass is 193 g/mol. The molecule has 0 amide bonds. The number of halogens is 1. The Hall–Kier alpha value is -1.84. The summed E-state index contributed by atoms with van der Waals surface area (Å²) in [6.45, 7) is 0. The Bertz CT molecular complexity index is 490. The van der Waals surface area contributed by atoms with Crippen LogP contribution in [0.1, 0.15) is 10.4 Å². The number of esters is 1. The van der Waals surface area contributed by atoms with Gasteiger partial charge in [0.15, 0.2) is 0 Å². The lowest BCUT2D eigenvalue weighted by atomic mass is 10.1. The number of H-pyrrole nitrogens is 1. The maximum absolute atomic E-state index is 13.3. The zero-order chi connectivity index (χ0) is 10.1. The van der Waals surface area contributed by atoms with Crippen LogP contribution in [0.5, 0.6) is 0 Å². The smallest absolute Gasteiger partial charge is 0.338 e. The molecule has 2 aromatic rings. The van der Waals surface area contributed by atoms with Crippen molar-refractivity contribution >= 4 is 16.9 Å². The van der Waals surface area contributed by atoms with E-state index in [-0.39, 0.29) is 10.9 Å². The Kier molecular flexibility index (Phi) is 1.96. The third-order valence-corrected chi connectivity index (χ3v) is 2.06. The van der Waals surface area contributed by atoms with Crippen LogP contribution >= 0.6 is 0 Å². The van der Waals surface area contributed by atoms with Crippen molar-refractivity contribution in [3.63, 3.8) is 0 Å². The summed E-state index contributed by atoms with van der Waals surface area (Å²) >= 11 is 0. The number of hydrogen-bond acceptors (Lipinski definition) is 2. The third-order valence-electron chi connectivity index (χ3n) is 2.06. The van der Waals surface area contributed by atoms with Crippen molar-refractivity contribution in [2.45, 2.75) is 0 Å². The van der Waals surface area contributed by atoms with Crippen LogP contribution in [0.2, 0.25) is 0 Å². The van der Waals surface area contributed by atoms with Crippen LogP contribution in [0.25, 0.3) is 10.9 Å². The maximum atomic E-state index is 13.3. The highest BCUT2D eigenvalue weighted by molar-refractivity contribution is 6.03. The van der Waals surface area contributed by atoms with Gasteiger partial charge in [-0.2, -0.15) is 0 Å². The molecule has 0 saturated carbocycles. The van der Waals surface area contributed by atoms with Crippen LogP contribution in [-0.2, 0) is 4.74 Å². The second-order valence-corrected chi connectivity index (χ2v) is 2.86. The molecule has 1 aromatic carbocycles. The Morgan fingerprint density at radius 2 is 2.29 bits per heavy atom. The minimum atomic E-state index is -0.533. The zero-order valence-corrected chi connectivity index (χ0v) is 7.50. The molecule has 1 N–H and O–H groups in total. The van der Waals surface area contributed by atoms with E-state index in [4.69, 9.17) is 0 Å². The van der Waals surface area contributed by atoms with Gasteiger partial charge in [0.25, 0.3) is 0 Å². The first-order valence-corrected chi connectivity index (χ1v) is 4.08. The average Bonchev–Trinajstić information content (AvgIpc) is 2.59. The van der Waals surface area contributed by atoms with E-state index in [0.29, 0.717) is 5.52 Å². The fourth-order valence-electron chi connectivity index (χ4n) is 1.42. The van der Waals surface area contributed by atoms with Crippen molar-refractivity contribution in [1.82, 2.24) is 4.98 Å². The fraction of sp³-hybridized carbons (Fsp3) is 0.100. The molecule has 0 fully saturated rings. The molecular formula is C10H8FNO2. The Morgan fingerprint density at radius 3 is 3.00 bits per heavy atom. The van der Waals surface area contributed by atoms with Gasteiger partial charge in [0.2, 0.25) is 0 Å². The van der Waals surface area contributed by atoms with Gasteiger partial charge in [0.05, 0.1) is 12.7 Å². The van der Waals surface area contributed by atoms with E-state index in [9.17, 15) is 9.18 Å². The van der Waals surface area contributed by atoms with Crippen LogP contribution in [-0.4, -0.2) is 18.1 Å². The van der Waals surface area contributed by atoms with Crippen molar-refractivity contribution in [3.05, 3.63) is 35.8 Å². The van der Waals surface area contributed by atoms with Crippen LogP contribution in [0.3, 0.4) is 0 Å². The van der Waals surface area contributed by atoms with Crippen molar-refractivity contribution in [2.75, 3.05) is 7.11 Å². The van der Waals surface area contributed by atoms with Crippen LogP contribution in [0, 0.1) is 5.82 Å². The summed E-state index contributed by atoms with van der Waals surface area (Å²) in [6.07, 6.45) is 1.22. The molecule has 0 bridgehead atoms. The summed E-state index contributed by atoms with van der Waals surface area (Å²) in [4.78, 5) is 14.0. The molecule has 14 heavy (non-hydrogen) atoms. The number of aromatic nitrogens is 1. The van der Waals surface area contributed by atoms with Gasteiger partial charge in [-0.05, 0) is 12.1 Å². The molecule has 0 saturated heterocycles. The molecule has 0 radical (unpaired) electrons. The van der Waals surface area contributed by atoms with Gasteiger partial charge in [0, 0.05) is 17.1 Å². The number of methoxy groups -OCH3 is 1. The number of benzene rings is 1. The van der Waals surface area contributed by atoms with Gasteiger partial charge >= 0.3 is 5.97 Å². The summed E-state index contributed by atoms with van der Waals surface area (Å²) in [5.74, 6) is -0.977. The Balaban J connectivity index is 2.75. The number of aromatic amines is 1. The maximum Gasteiger partial charge on any atom is 0.338 e. The first-order valence-electron chi connectivity index (χ1n) is 4.08. The highest BCUT2D eigenvalue weighted by atomic mass is 19.1. The molecule has 2 rings (SSSR count). The minimum absolute atomic E-state index is 0.240. The van der Waals surface area contributed by atoms with E-state index >= 15 is 0 Å². The van der Waals surface area contributed by atoms with Crippen LogP contribution in [0.15, 0.2) is 24.4 Å². The number of carbonyl (C=O) groups excluding carboxylic acids is 1. The van der Waals surface area contributed by atoms with Gasteiger partial charge in [-0.25, -0.2) is 9.18 Å². The molecule has 0 spiro atoms. The Labute approximate surface area is 79.5 Å². The molecule has 4 heteroatoms. The van der Waals surface area contributed by atoms with E-state index in [0.717, 1.165) is 0 Å². The highest BCUT2D eigenvalue weighted by Gasteiger charge is 2.14. The number of rotatable bonds is 1. The number of carbonyl (C=O) groups is 1. The number of ether oxygens (including phenoxy) is 1. The molecule has 72 valence electrons. The first-order chi connectivity index (χ1) is 6.74. The number of hydrogen-bond donors (Lipinski definition) is 1. The van der Waals surface area contributed by atoms with Gasteiger partial charge in [-0.15, -0.1) is 0 Å². The standard InChI is InChI=1S/C10H8FNO2/c1-14-10(13)6-3-2-4-8-9(6)7(11)5-12-8/h2-5,12H,1H3. The van der Waals surface area contributed by atoms with E-state index in [1.165, 1.54) is 19.4 Å². The van der Waals surface area contributed by atoms with Crippen molar-refractivity contribution in [3.8, 4) is 0 Å². The highest BCUT2D eigenvalue weighted by Crippen LogP contribution is 2.21. The summed E-state index contributed by atoms with van der Waals surface area (Å²) in [7, 11) is 1.27. The largest absolute Gasteiger partial charge is 0.465 e. The fourth-order valence-corrected chi connectivity index (χ4v) is 1.42. The zero-order valence-electron chi connectivity index (χ0n) is 7.50. The van der Waals surface area contributed by atoms with Crippen molar-refractivity contribution < 1.29 is 13.9 Å². The quantitative estimate of drug-likeness (QED) is 0.704. The SMILES string of the molecule is COC(=O)c1cccc2[nH]cc(F)c12. The van der Waals surface area contributed by atoms with Gasteiger partial charge < -0.3 is 9.72 Å². The molecule has 0 aliphatic heterocycles. The van der Waals surface area contributed by atoms with Crippen molar-refractivity contribution in [1.29, 1.82) is 0 Å². The van der Waals surface area contributed by atoms with Gasteiger partial charge in [0.1, 0.15) is 5.82 Å². The van der Waals surface area contributed by atoms with Gasteiger partial charge in [-0.1, -0.05) is 6.07 Å². The molecule has 0 atom stereocenters. The summed E-state index contributed by atoms with van der Waals surface area (Å²) in [5.41, 5.74) is 0.828. The normalized spacial score (nSPS) is 10.4. The molecule has 1 aromatic heterocycles. The summed E-state index contributed by atoms with van der Waals surface area (Å²) < 4.78 is 17.8. The lowest BCUT2D eigenvalue weighted by Gasteiger charge is -2.00. The minimum Gasteiger partial charge on any atom is -0.465 e. The lowest BCUT2D eigenvalue weighted by molar-refractivity contribution is 0.0602. The average molecular weight is 193 g/mol. The molecule has 0 aliphatic rings. The molecular weight excluding hydrogens is 185 g/mol. The molecule has 1 heterocycles. The van der Waals surface area contributed by atoms with Crippen LogP contribution in [0.4, 0.5) is 4.39 Å². The molecule has 0 aliphatic carbocycles. The third kappa shape index (κ3) is 1.16. The second kappa shape index (κ2) is 3.14. The second-order valence-electron chi connectivity index (χ2n) is 2.86. The molecule has 0 unspecified atom stereocenters. The summed E-state index contributed by atoms with van der Waals surface area (Å²) in [6, 6.07) is 4.90. The topological polar surface area (TPSA) is 42.1 Å². The van der Waals surface area contributed by atoms with Crippen LogP contribution < -0.4 is 0 Å². The van der Waals surface area contributed by atoms with E-state index in [1.807, 2.05) is 0 Å². The number of nitrogens with one attached hydrogen (secondary N) is 1. The predicted octanol–water partition coefficient (Wildman–Crippen LogP) is 2.09. The van der Waals surface area contributed by atoms with Gasteiger partial charge in [-0.3, -0.25) is 0 Å². The van der Waals surface area contributed by atoms with E-state index in [1.54, 1.807) is 12.1 Å². The van der Waals surface area contributed by atoms with Crippen molar-refractivity contribution in [2.24, 2.45) is 0 Å².